The molecule has 5 heteroatoms. The van der Waals surface area contributed by atoms with Gasteiger partial charge in [-0.2, -0.15) is 0 Å². The number of methoxy groups -OCH3 is 2. The third-order valence-electron chi connectivity index (χ3n) is 4.02. The van der Waals surface area contributed by atoms with Crippen molar-refractivity contribution in [1.82, 2.24) is 4.90 Å². The smallest absolute Gasteiger partial charge is 0.232 e. The number of thioether (sulfide) groups is 1. The van der Waals surface area contributed by atoms with Crippen molar-refractivity contribution in [3.05, 3.63) is 53.1 Å². The van der Waals surface area contributed by atoms with Gasteiger partial charge in [-0.3, -0.25) is 4.79 Å². The maximum atomic E-state index is 12.5. The van der Waals surface area contributed by atoms with E-state index in [0.717, 1.165) is 22.0 Å². The zero-order valence-electron chi connectivity index (χ0n) is 15.5. The number of nitrogens with zero attached hydrogens (tertiary/aromatic N) is 1. The van der Waals surface area contributed by atoms with E-state index >= 15 is 0 Å². The van der Waals surface area contributed by atoms with Crippen LogP contribution < -0.4 is 9.47 Å². The highest BCUT2D eigenvalue weighted by Crippen LogP contribution is 2.27. The van der Waals surface area contributed by atoms with Crippen molar-refractivity contribution in [2.45, 2.75) is 25.3 Å². The molecular formula is C20H25NO3S. The van der Waals surface area contributed by atoms with Gasteiger partial charge in [-0.1, -0.05) is 17.7 Å². The number of carbonyl (C=O) groups is 1. The van der Waals surface area contributed by atoms with Crippen LogP contribution in [-0.2, 0) is 11.3 Å². The average Bonchev–Trinajstić information content (AvgIpc) is 2.62. The minimum absolute atomic E-state index is 0.0868. The Morgan fingerprint density at radius 3 is 2.52 bits per heavy atom. The topological polar surface area (TPSA) is 38.8 Å². The second-order valence-electron chi connectivity index (χ2n) is 5.99. The summed E-state index contributed by atoms with van der Waals surface area (Å²) in [4.78, 5) is 15.4. The van der Waals surface area contributed by atoms with Gasteiger partial charge in [0.2, 0.25) is 5.91 Å². The van der Waals surface area contributed by atoms with Crippen molar-refractivity contribution in [3.8, 4) is 11.5 Å². The zero-order chi connectivity index (χ0) is 18.4. The fourth-order valence-electron chi connectivity index (χ4n) is 2.44. The number of aryl methyl sites for hydroxylation is 2. The molecular weight excluding hydrogens is 334 g/mol. The Kier molecular flexibility index (Phi) is 6.76. The number of amides is 1. The van der Waals surface area contributed by atoms with E-state index in [1.165, 1.54) is 11.1 Å². The summed E-state index contributed by atoms with van der Waals surface area (Å²) in [5.41, 5.74) is 3.36. The Labute approximate surface area is 154 Å². The predicted molar refractivity (Wildman–Crippen MR) is 103 cm³/mol. The summed E-state index contributed by atoms with van der Waals surface area (Å²) in [5, 5.41) is 0. The molecule has 0 fully saturated rings. The summed E-state index contributed by atoms with van der Waals surface area (Å²) < 4.78 is 10.6. The molecule has 2 aromatic rings. The summed E-state index contributed by atoms with van der Waals surface area (Å²) >= 11 is 1.58. The van der Waals surface area contributed by atoms with Gasteiger partial charge in [0, 0.05) is 30.1 Å². The molecule has 1 amide bonds. The molecule has 0 saturated carbocycles. The molecule has 2 rings (SSSR count). The van der Waals surface area contributed by atoms with E-state index < -0.39 is 0 Å². The fourth-order valence-corrected chi connectivity index (χ4v) is 3.50. The molecule has 0 spiro atoms. The minimum atomic E-state index is 0.0868. The van der Waals surface area contributed by atoms with Crippen LogP contribution in [0.4, 0.5) is 0 Å². The standard InChI is InChI=1S/C20H25NO3S/c1-14-6-7-15(2)19(10-14)25-13-20(22)21(3)12-16-8-9-17(23-4)11-18(16)24-5/h6-11H,12-13H2,1-5H3. The van der Waals surface area contributed by atoms with Gasteiger partial charge in [-0.15, -0.1) is 11.8 Å². The maximum absolute atomic E-state index is 12.5. The lowest BCUT2D eigenvalue weighted by Crippen LogP contribution is -2.28. The SMILES string of the molecule is COc1ccc(CN(C)C(=O)CSc2cc(C)ccc2C)c(OC)c1. The van der Waals surface area contributed by atoms with Crippen LogP contribution in [-0.4, -0.2) is 37.8 Å². The molecule has 0 aliphatic carbocycles. The van der Waals surface area contributed by atoms with Crippen LogP contribution in [0.3, 0.4) is 0 Å². The summed E-state index contributed by atoms with van der Waals surface area (Å²) in [6.45, 7) is 4.63. The van der Waals surface area contributed by atoms with Crippen molar-refractivity contribution >= 4 is 17.7 Å². The highest BCUT2D eigenvalue weighted by atomic mass is 32.2. The molecule has 0 atom stereocenters. The maximum Gasteiger partial charge on any atom is 0.232 e. The molecule has 25 heavy (non-hydrogen) atoms. The summed E-state index contributed by atoms with van der Waals surface area (Å²) in [6.07, 6.45) is 0. The quantitative estimate of drug-likeness (QED) is 0.699. The fraction of sp³-hybridized carbons (Fsp3) is 0.350. The van der Waals surface area contributed by atoms with Gasteiger partial charge in [0.25, 0.3) is 0 Å². The molecule has 0 aromatic heterocycles. The van der Waals surface area contributed by atoms with Crippen molar-refractivity contribution in [3.63, 3.8) is 0 Å². The first kappa shape index (κ1) is 19.2. The Hall–Kier alpha value is -2.14. The Morgan fingerprint density at radius 1 is 1.08 bits per heavy atom. The van der Waals surface area contributed by atoms with Crippen molar-refractivity contribution < 1.29 is 14.3 Å². The van der Waals surface area contributed by atoms with Crippen LogP contribution in [0, 0.1) is 13.8 Å². The van der Waals surface area contributed by atoms with E-state index in [9.17, 15) is 4.79 Å². The molecule has 134 valence electrons. The van der Waals surface area contributed by atoms with Crippen LogP contribution in [0.15, 0.2) is 41.3 Å². The number of hydrogen-bond acceptors (Lipinski definition) is 4. The lowest BCUT2D eigenvalue weighted by molar-refractivity contribution is -0.127. The highest BCUT2D eigenvalue weighted by Gasteiger charge is 2.14. The summed E-state index contributed by atoms with van der Waals surface area (Å²) in [7, 11) is 5.06. The zero-order valence-corrected chi connectivity index (χ0v) is 16.3. The van der Waals surface area contributed by atoms with Gasteiger partial charge in [0.05, 0.1) is 20.0 Å². The van der Waals surface area contributed by atoms with E-state index in [0.29, 0.717) is 12.3 Å². The normalized spacial score (nSPS) is 10.4. The number of carbonyl (C=O) groups excluding carboxylic acids is 1. The van der Waals surface area contributed by atoms with E-state index in [1.54, 1.807) is 30.9 Å². The predicted octanol–water partition coefficient (Wildman–Crippen LogP) is 4.07. The van der Waals surface area contributed by atoms with Gasteiger partial charge >= 0.3 is 0 Å². The molecule has 0 heterocycles. The molecule has 0 N–H and O–H groups in total. The summed E-state index contributed by atoms with van der Waals surface area (Å²) in [5.74, 6) is 1.96. The molecule has 0 unspecified atom stereocenters. The number of benzene rings is 2. The van der Waals surface area contributed by atoms with Crippen molar-refractivity contribution in [2.75, 3.05) is 27.0 Å². The third-order valence-corrected chi connectivity index (χ3v) is 5.16. The molecule has 2 aromatic carbocycles. The average molecular weight is 359 g/mol. The largest absolute Gasteiger partial charge is 0.497 e. The van der Waals surface area contributed by atoms with Crippen LogP contribution in [0.25, 0.3) is 0 Å². The van der Waals surface area contributed by atoms with E-state index in [4.69, 9.17) is 9.47 Å². The molecule has 0 aliphatic heterocycles. The second kappa shape index (κ2) is 8.81. The Morgan fingerprint density at radius 2 is 1.84 bits per heavy atom. The molecule has 0 aliphatic rings. The van der Waals surface area contributed by atoms with Crippen LogP contribution in [0.5, 0.6) is 11.5 Å². The lowest BCUT2D eigenvalue weighted by atomic mass is 10.2. The molecule has 0 radical (unpaired) electrons. The molecule has 0 saturated heterocycles. The van der Waals surface area contributed by atoms with Gasteiger partial charge in [0.1, 0.15) is 11.5 Å². The van der Waals surface area contributed by atoms with Gasteiger partial charge in [-0.25, -0.2) is 0 Å². The number of rotatable bonds is 7. The van der Waals surface area contributed by atoms with Gasteiger partial charge in [-0.05, 0) is 37.6 Å². The van der Waals surface area contributed by atoms with E-state index in [2.05, 4.69) is 32.0 Å². The first-order chi connectivity index (χ1) is 11.9. The molecule has 0 bridgehead atoms. The first-order valence-electron chi connectivity index (χ1n) is 8.09. The number of ether oxygens (including phenoxy) is 2. The van der Waals surface area contributed by atoms with Crippen LogP contribution in [0.1, 0.15) is 16.7 Å². The lowest BCUT2D eigenvalue weighted by Gasteiger charge is -2.19. The Balaban J connectivity index is 1.99. The van der Waals surface area contributed by atoms with Gasteiger partial charge < -0.3 is 14.4 Å². The van der Waals surface area contributed by atoms with Crippen molar-refractivity contribution in [2.24, 2.45) is 0 Å². The second-order valence-corrected chi connectivity index (χ2v) is 7.00. The summed E-state index contributed by atoms with van der Waals surface area (Å²) in [6, 6.07) is 11.9. The minimum Gasteiger partial charge on any atom is -0.497 e. The van der Waals surface area contributed by atoms with Gasteiger partial charge in [0.15, 0.2) is 0 Å². The number of hydrogen-bond donors (Lipinski definition) is 0. The first-order valence-corrected chi connectivity index (χ1v) is 9.08. The molecule has 4 nitrogen and oxygen atoms in total. The Bertz CT molecular complexity index is 746. The monoisotopic (exact) mass is 359 g/mol. The van der Waals surface area contributed by atoms with E-state index in [-0.39, 0.29) is 5.91 Å². The third kappa shape index (κ3) is 5.16. The van der Waals surface area contributed by atoms with Crippen LogP contribution in [0.2, 0.25) is 0 Å². The highest BCUT2D eigenvalue weighted by molar-refractivity contribution is 8.00. The van der Waals surface area contributed by atoms with E-state index in [1.807, 2.05) is 25.2 Å². The van der Waals surface area contributed by atoms with Crippen molar-refractivity contribution in [1.29, 1.82) is 0 Å². The van der Waals surface area contributed by atoms with Crippen LogP contribution >= 0.6 is 11.8 Å².